The Hall–Kier alpha value is -2.95. The molecule has 1 saturated heterocycles. The largest absolute Gasteiger partial charge is 0.356 e. The van der Waals surface area contributed by atoms with Gasteiger partial charge >= 0.3 is 0 Å². The lowest BCUT2D eigenvalue weighted by molar-refractivity contribution is 0.102. The van der Waals surface area contributed by atoms with Crippen molar-refractivity contribution in [2.24, 2.45) is 5.92 Å². The molecule has 4 rings (SSSR count). The second-order valence-electron chi connectivity index (χ2n) is 6.91. The van der Waals surface area contributed by atoms with Crippen molar-refractivity contribution in [2.45, 2.75) is 19.8 Å². The number of benzene rings is 2. The maximum absolute atomic E-state index is 12.8. The number of hydrogen-bond acceptors (Lipinski definition) is 4. The molecular weight excluding hydrogens is 324 g/mol. The van der Waals surface area contributed by atoms with Crippen molar-refractivity contribution in [1.29, 1.82) is 0 Å². The summed E-state index contributed by atoms with van der Waals surface area (Å²) < 4.78 is 0. The molecule has 2 heterocycles. The SMILES string of the molecule is CC1CCN(c2cc(NC(=O)c3cccc4ccccc34)ncn2)CC1. The molecule has 0 aliphatic carbocycles. The minimum Gasteiger partial charge on any atom is -0.356 e. The van der Waals surface area contributed by atoms with Crippen LogP contribution in [0.3, 0.4) is 0 Å². The molecule has 26 heavy (non-hydrogen) atoms. The van der Waals surface area contributed by atoms with Crippen molar-refractivity contribution in [2.75, 3.05) is 23.3 Å². The fraction of sp³-hybridized carbons (Fsp3) is 0.286. The summed E-state index contributed by atoms with van der Waals surface area (Å²) in [6.45, 7) is 4.27. The van der Waals surface area contributed by atoms with E-state index in [0.717, 1.165) is 35.6 Å². The first-order chi connectivity index (χ1) is 12.7. The summed E-state index contributed by atoms with van der Waals surface area (Å²) in [7, 11) is 0. The Morgan fingerprint density at radius 1 is 1.08 bits per heavy atom. The molecule has 0 unspecified atom stereocenters. The molecule has 0 atom stereocenters. The van der Waals surface area contributed by atoms with Gasteiger partial charge in [0.05, 0.1) is 0 Å². The van der Waals surface area contributed by atoms with Gasteiger partial charge in [0.25, 0.3) is 5.91 Å². The molecule has 1 aliphatic rings. The third-order valence-corrected chi connectivity index (χ3v) is 5.04. The summed E-state index contributed by atoms with van der Waals surface area (Å²) in [6.07, 6.45) is 3.86. The second-order valence-corrected chi connectivity index (χ2v) is 6.91. The van der Waals surface area contributed by atoms with Crippen molar-refractivity contribution in [3.8, 4) is 0 Å². The zero-order chi connectivity index (χ0) is 17.9. The number of nitrogens with one attached hydrogen (secondary N) is 1. The van der Waals surface area contributed by atoms with Gasteiger partial charge in [-0.1, -0.05) is 43.3 Å². The number of rotatable bonds is 3. The van der Waals surface area contributed by atoms with E-state index in [2.05, 4.69) is 27.1 Å². The van der Waals surface area contributed by atoms with Gasteiger partial charge in [0.15, 0.2) is 0 Å². The predicted octanol–water partition coefficient (Wildman–Crippen LogP) is 4.12. The Kier molecular flexibility index (Phi) is 4.52. The number of anilines is 2. The van der Waals surface area contributed by atoms with E-state index in [0.29, 0.717) is 11.4 Å². The fourth-order valence-electron chi connectivity index (χ4n) is 3.43. The topological polar surface area (TPSA) is 58.1 Å². The average molecular weight is 346 g/mol. The highest BCUT2D eigenvalue weighted by atomic mass is 16.1. The molecule has 1 aromatic heterocycles. The van der Waals surface area contributed by atoms with Crippen molar-refractivity contribution in [3.63, 3.8) is 0 Å². The normalized spacial score (nSPS) is 15.2. The van der Waals surface area contributed by atoms with Crippen LogP contribution in [0.2, 0.25) is 0 Å². The molecule has 1 amide bonds. The highest BCUT2D eigenvalue weighted by Crippen LogP contribution is 2.23. The molecule has 132 valence electrons. The molecular formula is C21H22N4O. The van der Waals surface area contributed by atoms with Crippen LogP contribution in [-0.2, 0) is 0 Å². The molecule has 1 N–H and O–H groups in total. The Morgan fingerprint density at radius 2 is 1.85 bits per heavy atom. The first kappa shape index (κ1) is 16.5. The fourth-order valence-corrected chi connectivity index (χ4v) is 3.43. The summed E-state index contributed by atoms with van der Waals surface area (Å²) in [5, 5.41) is 4.91. The molecule has 1 fully saturated rings. The standard InChI is InChI=1S/C21H22N4O/c1-15-9-11-25(12-10-15)20-13-19(22-14-23-20)24-21(26)18-8-4-6-16-5-2-3-7-17(16)18/h2-8,13-15H,9-12H2,1H3,(H,22,23,24,26). The second kappa shape index (κ2) is 7.12. The van der Waals surface area contributed by atoms with Crippen LogP contribution in [0.1, 0.15) is 30.1 Å². The van der Waals surface area contributed by atoms with E-state index < -0.39 is 0 Å². The Bertz CT molecular complexity index is 927. The minimum atomic E-state index is -0.154. The number of carbonyl (C=O) groups excluding carboxylic acids is 1. The predicted molar refractivity (Wildman–Crippen MR) is 105 cm³/mol. The molecule has 2 aromatic carbocycles. The van der Waals surface area contributed by atoms with Crippen molar-refractivity contribution in [1.82, 2.24) is 9.97 Å². The summed E-state index contributed by atoms with van der Waals surface area (Å²) in [5.41, 5.74) is 0.648. The van der Waals surface area contributed by atoms with E-state index in [-0.39, 0.29) is 5.91 Å². The van der Waals surface area contributed by atoms with Gasteiger partial charge in [-0.15, -0.1) is 0 Å². The van der Waals surface area contributed by atoms with Gasteiger partial charge in [-0.05, 0) is 35.6 Å². The lowest BCUT2D eigenvalue weighted by Crippen LogP contribution is -2.33. The van der Waals surface area contributed by atoms with Gasteiger partial charge in [0.1, 0.15) is 18.0 Å². The lowest BCUT2D eigenvalue weighted by Gasteiger charge is -2.31. The van der Waals surface area contributed by atoms with Gasteiger partial charge in [-0.3, -0.25) is 4.79 Å². The molecule has 0 bridgehead atoms. The summed E-state index contributed by atoms with van der Waals surface area (Å²) in [6, 6.07) is 15.5. The van der Waals surface area contributed by atoms with E-state index >= 15 is 0 Å². The number of carbonyl (C=O) groups is 1. The van der Waals surface area contributed by atoms with Crippen LogP contribution in [0.15, 0.2) is 54.9 Å². The van der Waals surface area contributed by atoms with E-state index in [1.165, 1.54) is 19.2 Å². The third kappa shape index (κ3) is 3.38. The van der Waals surface area contributed by atoms with Crippen LogP contribution in [-0.4, -0.2) is 29.0 Å². The number of aromatic nitrogens is 2. The van der Waals surface area contributed by atoms with Gasteiger partial charge in [-0.25, -0.2) is 9.97 Å². The summed E-state index contributed by atoms with van der Waals surface area (Å²) >= 11 is 0. The molecule has 0 saturated carbocycles. The van der Waals surface area contributed by atoms with Crippen LogP contribution in [0.25, 0.3) is 10.8 Å². The van der Waals surface area contributed by atoms with Crippen LogP contribution >= 0.6 is 0 Å². The number of nitrogens with zero attached hydrogens (tertiary/aromatic N) is 3. The van der Waals surface area contributed by atoms with E-state index in [9.17, 15) is 4.79 Å². The highest BCUT2D eigenvalue weighted by molar-refractivity contribution is 6.12. The lowest BCUT2D eigenvalue weighted by atomic mass is 9.99. The zero-order valence-electron chi connectivity index (χ0n) is 14.9. The molecule has 0 radical (unpaired) electrons. The number of amides is 1. The van der Waals surface area contributed by atoms with Crippen LogP contribution < -0.4 is 10.2 Å². The maximum Gasteiger partial charge on any atom is 0.257 e. The van der Waals surface area contributed by atoms with E-state index in [1.54, 1.807) is 0 Å². The number of piperidine rings is 1. The van der Waals surface area contributed by atoms with E-state index in [4.69, 9.17) is 0 Å². The van der Waals surface area contributed by atoms with Crippen LogP contribution in [0, 0.1) is 5.92 Å². The minimum absolute atomic E-state index is 0.154. The first-order valence-corrected chi connectivity index (χ1v) is 9.07. The Labute approximate surface area is 153 Å². The van der Waals surface area contributed by atoms with E-state index in [1.807, 2.05) is 48.5 Å². The van der Waals surface area contributed by atoms with Gasteiger partial charge in [-0.2, -0.15) is 0 Å². The van der Waals surface area contributed by atoms with Crippen LogP contribution in [0.5, 0.6) is 0 Å². The number of hydrogen-bond donors (Lipinski definition) is 1. The first-order valence-electron chi connectivity index (χ1n) is 9.07. The van der Waals surface area contributed by atoms with Gasteiger partial charge in [0, 0.05) is 24.7 Å². The highest BCUT2D eigenvalue weighted by Gasteiger charge is 2.18. The molecule has 0 spiro atoms. The molecule has 1 aliphatic heterocycles. The zero-order valence-corrected chi connectivity index (χ0v) is 14.9. The van der Waals surface area contributed by atoms with Gasteiger partial charge < -0.3 is 10.2 Å². The van der Waals surface area contributed by atoms with Crippen molar-refractivity contribution < 1.29 is 4.79 Å². The molecule has 3 aromatic rings. The van der Waals surface area contributed by atoms with Gasteiger partial charge in [0.2, 0.25) is 0 Å². The van der Waals surface area contributed by atoms with Crippen molar-refractivity contribution in [3.05, 3.63) is 60.4 Å². The molecule has 5 nitrogen and oxygen atoms in total. The monoisotopic (exact) mass is 346 g/mol. The number of fused-ring (bicyclic) bond motifs is 1. The smallest absolute Gasteiger partial charge is 0.257 e. The quantitative estimate of drug-likeness (QED) is 0.775. The average Bonchev–Trinajstić information content (AvgIpc) is 2.68. The third-order valence-electron chi connectivity index (χ3n) is 5.04. The molecule has 5 heteroatoms. The maximum atomic E-state index is 12.8. The Balaban J connectivity index is 1.55. The Morgan fingerprint density at radius 3 is 2.69 bits per heavy atom. The summed E-state index contributed by atoms with van der Waals surface area (Å²) in [5.74, 6) is 2.02. The van der Waals surface area contributed by atoms with Crippen molar-refractivity contribution >= 4 is 28.3 Å². The van der Waals surface area contributed by atoms with Crippen LogP contribution in [0.4, 0.5) is 11.6 Å². The summed E-state index contributed by atoms with van der Waals surface area (Å²) in [4.78, 5) is 23.6.